The molecule has 136 valence electrons. The predicted molar refractivity (Wildman–Crippen MR) is 94.9 cm³/mol. The summed E-state index contributed by atoms with van der Waals surface area (Å²) in [6.45, 7) is 6.74. The minimum absolute atomic E-state index is 0.127. The van der Waals surface area contributed by atoms with E-state index in [1.54, 1.807) is 20.8 Å². The highest BCUT2D eigenvalue weighted by atomic mass is 79.9. The third-order valence-electron chi connectivity index (χ3n) is 2.84. The first-order chi connectivity index (χ1) is 10.6. The summed E-state index contributed by atoms with van der Waals surface area (Å²) in [7, 11) is -7.66. The van der Waals surface area contributed by atoms with Crippen LogP contribution in [0.2, 0.25) is 0 Å². The number of rotatable bonds is 5. The van der Waals surface area contributed by atoms with Crippen molar-refractivity contribution in [2.75, 3.05) is 6.26 Å². The fourth-order valence-electron chi connectivity index (χ4n) is 1.75. The molecule has 24 heavy (non-hydrogen) atoms. The Hall–Kier alpha value is -0.970. The van der Waals surface area contributed by atoms with E-state index in [1.807, 2.05) is 0 Å². The maximum absolute atomic E-state index is 12.5. The first kappa shape index (κ1) is 21.1. The van der Waals surface area contributed by atoms with Gasteiger partial charge in [0.2, 0.25) is 15.9 Å². The van der Waals surface area contributed by atoms with E-state index in [0.717, 1.165) is 12.3 Å². The van der Waals surface area contributed by atoms with Crippen LogP contribution in [0, 0.1) is 0 Å². The fraction of sp³-hybridized carbons (Fsp3) is 0.500. The van der Waals surface area contributed by atoms with Crippen LogP contribution < -0.4 is 10.0 Å². The molecule has 1 rings (SSSR count). The van der Waals surface area contributed by atoms with Crippen LogP contribution >= 0.6 is 15.9 Å². The maximum Gasteiger partial charge on any atom is 0.242 e. The number of carbonyl (C=O) groups is 1. The van der Waals surface area contributed by atoms with E-state index in [9.17, 15) is 21.6 Å². The summed E-state index contributed by atoms with van der Waals surface area (Å²) in [6, 6.07) is 2.66. The van der Waals surface area contributed by atoms with E-state index in [4.69, 9.17) is 0 Å². The lowest BCUT2D eigenvalue weighted by Gasteiger charge is -2.23. The Kier molecular flexibility index (Phi) is 6.24. The summed E-state index contributed by atoms with van der Waals surface area (Å²) >= 11 is 3.09. The van der Waals surface area contributed by atoms with Crippen LogP contribution in [0.5, 0.6) is 0 Å². The SMILES string of the molecule is C[C@@H](NS(=O)(=O)c1cc(S(C)(=O)=O)ccc1Br)C(=O)NC(C)(C)C. The van der Waals surface area contributed by atoms with Crippen LogP contribution in [0.15, 0.2) is 32.5 Å². The molecule has 2 N–H and O–H groups in total. The summed E-state index contributed by atoms with van der Waals surface area (Å²) in [5.41, 5.74) is -0.506. The number of benzene rings is 1. The van der Waals surface area contributed by atoms with E-state index in [-0.39, 0.29) is 14.3 Å². The van der Waals surface area contributed by atoms with Gasteiger partial charge in [0.1, 0.15) is 0 Å². The second-order valence-electron chi connectivity index (χ2n) is 6.45. The molecule has 7 nitrogen and oxygen atoms in total. The molecule has 0 heterocycles. The molecule has 0 saturated heterocycles. The number of sulfonamides is 1. The topological polar surface area (TPSA) is 109 Å². The highest BCUT2D eigenvalue weighted by Crippen LogP contribution is 2.25. The second kappa shape index (κ2) is 7.11. The zero-order valence-corrected chi connectivity index (χ0v) is 17.3. The number of nitrogens with one attached hydrogen (secondary N) is 2. The van der Waals surface area contributed by atoms with Crippen molar-refractivity contribution in [1.82, 2.24) is 10.0 Å². The highest BCUT2D eigenvalue weighted by Gasteiger charge is 2.27. The summed E-state index contributed by atoms with van der Waals surface area (Å²) in [6.07, 6.45) is 0.986. The zero-order valence-electron chi connectivity index (χ0n) is 14.0. The molecule has 1 amide bonds. The molecular weight excluding hydrogens is 420 g/mol. The summed E-state index contributed by atoms with van der Waals surface area (Å²) < 4.78 is 50.7. The van der Waals surface area contributed by atoms with Gasteiger partial charge in [0.15, 0.2) is 9.84 Å². The average molecular weight is 441 g/mol. The van der Waals surface area contributed by atoms with Gasteiger partial charge in [-0.25, -0.2) is 16.8 Å². The van der Waals surface area contributed by atoms with Gasteiger partial charge in [-0.15, -0.1) is 0 Å². The Balaban J connectivity index is 3.15. The highest BCUT2D eigenvalue weighted by molar-refractivity contribution is 9.10. The van der Waals surface area contributed by atoms with Crippen molar-refractivity contribution in [1.29, 1.82) is 0 Å². The van der Waals surface area contributed by atoms with Crippen LogP contribution in [-0.2, 0) is 24.7 Å². The van der Waals surface area contributed by atoms with Gasteiger partial charge in [0.25, 0.3) is 0 Å². The molecule has 1 atom stereocenters. The summed E-state index contributed by atoms with van der Waals surface area (Å²) in [4.78, 5) is 11.7. The van der Waals surface area contributed by atoms with Gasteiger partial charge in [0, 0.05) is 16.3 Å². The number of hydrogen-bond donors (Lipinski definition) is 2. The number of halogens is 1. The van der Waals surface area contributed by atoms with Crippen molar-refractivity contribution in [3.8, 4) is 0 Å². The van der Waals surface area contributed by atoms with Gasteiger partial charge >= 0.3 is 0 Å². The van der Waals surface area contributed by atoms with Gasteiger partial charge in [0.05, 0.1) is 15.8 Å². The number of sulfone groups is 1. The smallest absolute Gasteiger partial charge is 0.242 e. The van der Waals surface area contributed by atoms with Crippen molar-refractivity contribution >= 4 is 41.7 Å². The van der Waals surface area contributed by atoms with Crippen LogP contribution in [0.3, 0.4) is 0 Å². The Morgan fingerprint density at radius 1 is 1.17 bits per heavy atom. The van der Waals surface area contributed by atoms with E-state index in [1.165, 1.54) is 19.1 Å². The Morgan fingerprint density at radius 3 is 2.17 bits per heavy atom. The van der Waals surface area contributed by atoms with Crippen molar-refractivity contribution < 1.29 is 21.6 Å². The molecule has 0 aliphatic rings. The standard InChI is InChI=1S/C14H21BrN2O5S2/c1-9(13(18)16-14(2,3)4)17-24(21,22)12-8-10(23(5,19)20)6-7-11(12)15/h6-9,17H,1-5H3,(H,16,18)/t9-/m1/s1. The van der Waals surface area contributed by atoms with Crippen LogP contribution in [-0.4, -0.2) is 40.6 Å². The molecule has 0 bridgehead atoms. The Labute approximate surface area is 151 Å². The lowest BCUT2D eigenvalue weighted by Crippen LogP contribution is -2.50. The molecule has 0 aliphatic carbocycles. The quantitative estimate of drug-likeness (QED) is 0.719. The van der Waals surface area contributed by atoms with E-state index in [0.29, 0.717) is 0 Å². The number of hydrogen-bond acceptors (Lipinski definition) is 5. The van der Waals surface area contributed by atoms with Crippen molar-refractivity contribution in [3.63, 3.8) is 0 Å². The minimum atomic E-state index is -4.10. The van der Waals surface area contributed by atoms with Crippen molar-refractivity contribution in [2.24, 2.45) is 0 Å². The maximum atomic E-state index is 12.5. The van der Waals surface area contributed by atoms with Gasteiger partial charge in [-0.2, -0.15) is 4.72 Å². The van der Waals surface area contributed by atoms with Crippen LogP contribution in [0.25, 0.3) is 0 Å². The van der Waals surface area contributed by atoms with Crippen LogP contribution in [0.4, 0.5) is 0 Å². The Bertz CT molecular complexity index is 842. The summed E-state index contributed by atoms with van der Waals surface area (Å²) in [5.74, 6) is -0.485. The van der Waals surface area contributed by atoms with E-state index in [2.05, 4.69) is 26.0 Å². The zero-order chi connectivity index (χ0) is 18.9. The molecule has 0 aliphatic heterocycles. The minimum Gasteiger partial charge on any atom is -0.350 e. The molecule has 10 heteroatoms. The third kappa shape index (κ3) is 5.83. The summed E-state index contributed by atoms with van der Waals surface area (Å²) in [5, 5.41) is 2.67. The molecular formula is C14H21BrN2O5S2. The van der Waals surface area contributed by atoms with Gasteiger partial charge in [-0.1, -0.05) is 0 Å². The molecule has 0 spiro atoms. The average Bonchev–Trinajstić information content (AvgIpc) is 2.34. The van der Waals surface area contributed by atoms with Gasteiger partial charge < -0.3 is 5.32 Å². The number of carbonyl (C=O) groups excluding carboxylic acids is 1. The molecule has 0 fully saturated rings. The predicted octanol–water partition coefficient (Wildman–Crippen LogP) is 1.43. The largest absolute Gasteiger partial charge is 0.350 e. The molecule has 0 saturated carbocycles. The molecule has 0 radical (unpaired) electrons. The molecule has 0 aromatic heterocycles. The second-order valence-corrected chi connectivity index (χ2v) is 11.0. The molecule has 1 aromatic rings. The lowest BCUT2D eigenvalue weighted by molar-refractivity contribution is -0.123. The lowest BCUT2D eigenvalue weighted by atomic mass is 10.1. The Morgan fingerprint density at radius 2 is 1.71 bits per heavy atom. The van der Waals surface area contributed by atoms with Crippen molar-refractivity contribution in [2.45, 2.75) is 49.1 Å². The van der Waals surface area contributed by atoms with Gasteiger partial charge in [-0.3, -0.25) is 4.79 Å². The molecule has 0 unspecified atom stereocenters. The molecule has 1 aromatic carbocycles. The fourth-order valence-corrected chi connectivity index (χ4v) is 4.66. The number of amides is 1. The van der Waals surface area contributed by atoms with Gasteiger partial charge in [-0.05, 0) is 61.8 Å². The first-order valence-corrected chi connectivity index (χ1v) is 11.1. The van der Waals surface area contributed by atoms with Crippen LogP contribution in [0.1, 0.15) is 27.7 Å². The first-order valence-electron chi connectivity index (χ1n) is 6.97. The van der Waals surface area contributed by atoms with Crippen molar-refractivity contribution in [3.05, 3.63) is 22.7 Å². The van der Waals surface area contributed by atoms with E-state index < -0.39 is 37.3 Å². The third-order valence-corrected chi connectivity index (χ3v) is 6.49. The van der Waals surface area contributed by atoms with E-state index >= 15 is 0 Å². The normalized spacial score (nSPS) is 14.2. The monoisotopic (exact) mass is 440 g/mol.